The van der Waals surface area contributed by atoms with E-state index < -0.39 is 11.7 Å². The highest BCUT2D eigenvalue weighted by Gasteiger charge is 2.34. The molecule has 1 amide bonds. The van der Waals surface area contributed by atoms with Gasteiger partial charge in [-0.3, -0.25) is 0 Å². The van der Waals surface area contributed by atoms with Crippen LogP contribution in [0.25, 0.3) is 0 Å². The summed E-state index contributed by atoms with van der Waals surface area (Å²) < 4.78 is 5.34. The number of β-amino-alcohol motifs (C(OH)–C–C–N with tert-alkyl or cyclic N) is 1. The third-order valence-corrected chi connectivity index (χ3v) is 4.42. The minimum absolute atomic E-state index is 0.0705. The molecule has 1 saturated heterocycles. The lowest BCUT2D eigenvalue weighted by molar-refractivity contribution is -0.00125. The summed E-state index contributed by atoms with van der Waals surface area (Å²) in [6.45, 7) is 8.40. The third-order valence-electron chi connectivity index (χ3n) is 3.35. The Morgan fingerprint density at radius 3 is 2.75 bits per heavy atom. The van der Waals surface area contributed by atoms with Crippen LogP contribution in [0.2, 0.25) is 0 Å². The monoisotopic (exact) mass is 298 g/mol. The van der Waals surface area contributed by atoms with Gasteiger partial charge in [0.1, 0.15) is 5.60 Å². The smallest absolute Gasteiger partial charge is 0.410 e. The van der Waals surface area contributed by atoms with E-state index in [1.807, 2.05) is 27.7 Å². The predicted molar refractivity (Wildman–Crippen MR) is 78.0 cm³/mol. The first kappa shape index (κ1) is 15.3. The standard InChI is InChI=1S/C14H22N2O3S/c1-9-12(20-8-15-9)10-5-6-16(7-11(10)17)13(18)19-14(2,3)4/h8,10-11,17H,5-7H2,1-4H3/t10-,11+/m1/s1. The van der Waals surface area contributed by atoms with Gasteiger partial charge in [0.15, 0.2) is 0 Å². The van der Waals surface area contributed by atoms with Crippen LogP contribution in [0, 0.1) is 6.92 Å². The fourth-order valence-electron chi connectivity index (χ4n) is 2.40. The van der Waals surface area contributed by atoms with E-state index in [9.17, 15) is 9.90 Å². The molecule has 2 atom stereocenters. The molecule has 1 aromatic heterocycles. The van der Waals surface area contributed by atoms with Gasteiger partial charge in [-0.15, -0.1) is 11.3 Å². The van der Waals surface area contributed by atoms with Crippen LogP contribution >= 0.6 is 11.3 Å². The maximum absolute atomic E-state index is 12.0. The van der Waals surface area contributed by atoms with Gasteiger partial charge in [-0.2, -0.15) is 0 Å². The van der Waals surface area contributed by atoms with E-state index >= 15 is 0 Å². The molecular weight excluding hydrogens is 276 g/mol. The fraction of sp³-hybridized carbons (Fsp3) is 0.714. The number of nitrogens with zero attached hydrogens (tertiary/aromatic N) is 2. The lowest BCUT2D eigenvalue weighted by Gasteiger charge is -2.36. The van der Waals surface area contributed by atoms with E-state index in [1.165, 1.54) is 0 Å². The number of amides is 1. The van der Waals surface area contributed by atoms with E-state index in [1.54, 1.807) is 21.7 Å². The van der Waals surface area contributed by atoms with Crippen LogP contribution in [0.5, 0.6) is 0 Å². The Balaban J connectivity index is 1.99. The summed E-state index contributed by atoms with van der Waals surface area (Å²) in [5.74, 6) is 0.0705. The van der Waals surface area contributed by atoms with Gasteiger partial charge in [-0.05, 0) is 34.1 Å². The van der Waals surface area contributed by atoms with Crippen LogP contribution in [-0.2, 0) is 4.74 Å². The Morgan fingerprint density at radius 1 is 1.55 bits per heavy atom. The molecule has 1 aliphatic heterocycles. The van der Waals surface area contributed by atoms with Crippen LogP contribution in [-0.4, -0.2) is 45.9 Å². The average molecular weight is 298 g/mol. The van der Waals surface area contributed by atoms with Crippen molar-refractivity contribution < 1.29 is 14.6 Å². The number of aromatic nitrogens is 1. The Kier molecular flexibility index (Phi) is 4.34. The Bertz CT molecular complexity index is 481. The molecule has 112 valence electrons. The van der Waals surface area contributed by atoms with Crippen molar-refractivity contribution in [2.24, 2.45) is 0 Å². The normalized spacial score (nSPS) is 23.8. The zero-order valence-corrected chi connectivity index (χ0v) is 13.2. The minimum Gasteiger partial charge on any atom is -0.444 e. The number of aryl methyl sites for hydroxylation is 1. The van der Waals surface area contributed by atoms with Gasteiger partial charge in [0.05, 0.1) is 23.9 Å². The van der Waals surface area contributed by atoms with Crippen molar-refractivity contribution in [1.29, 1.82) is 0 Å². The molecule has 2 heterocycles. The second kappa shape index (κ2) is 5.69. The number of aliphatic hydroxyl groups is 1. The van der Waals surface area contributed by atoms with E-state index in [0.717, 1.165) is 17.0 Å². The van der Waals surface area contributed by atoms with Gasteiger partial charge in [0, 0.05) is 17.3 Å². The van der Waals surface area contributed by atoms with E-state index in [2.05, 4.69) is 4.98 Å². The molecule has 1 aromatic rings. The van der Waals surface area contributed by atoms with Crippen molar-refractivity contribution in [2.45, 2.75) is 51.7 Å². The quantitative estimate of drug-likeness (QED) is 0.865. The first-order valence-corrected chi connectivity index (χ1v) is 7.72. The number of carbonyl (C=O) groups excluding carboxylic acids is 1. The molecule has 20 heavy (non-hydrogen) atoms. The molecule has 1 N–H and O–H groups in total. The molecule has 0 radical (unpaired) electrons. The van der Waals surface area contributed by atoms with Crippen molar-refractivity contribution in [2.75, 3.05) is 13.1 Å². The number of hydrogen-bond donors (Lipinski definition) is 1. The summed E-state index contributed by atoms with van der Waals surface area (Å²) in [5, 5.41) is 10.3. The molecule has 0 bridgehead atoms. The van der Waals surface area contributed by atoms with E-state index in [4.69, 9.17) is 4.74 Å². The van der Waals surface area contributed by atoms with Crippen LogP contribution in [0.1, 0.15) is 43.7 Å². The summed E-state index contributed by atoms with van der Waals surface area (Å²) in [6, 6.07) is 0. The second-order valence-electron chi connectivity index (χ2n) is 6.19. The first-order chi connectivity index (χ1) is 9.28. The summed E-state index contributed by atoms with van der Waals surface area (Å²) >= 11 is 1.57. The predicted octanol–water partition coefficient (Wildman–Crippen LogP) is 2.54. The zero-order valence-electron chi connectivity index (χ0n) is 12.4. The van der Waals surface area contributed by atoms with Crippen LogP contribution in [0.15, 0.2) is 5.51 Å². The van der Waals surface area contributed by atoms with E-state index in [-0.39, 0.29) is 12.0 Å². The number of likely N-dealkylation sites (tertiary alicyclic amines) is 1. The summed E-state index contributed by atoms with van der Waals surface area (Å²) in [5.41, 5.74) is 2.27. The maximum atomic E-state index is 12.0. The number of aliphatic hydroxyl groups excluding tert-OH is 1. The zero-order chi connectivity index (χ0) is 14.9. The van der Waals surface area contributed by atoms with Crippen LogP contribution < -0.4 is 0 Å². The maximum Gasteiger partial charge on any atom is 0.410 e. The average Bonchev–Trinajstić information content (AvgIpc) is 2.73. The van der Waals surface area contributed by atoms with Crippen molar-refractivity contribution >= 4 is 17.4 Å². The highest BCUT2D eigenvalue weighted by molar-refractivity contribution is 7.09. The molecule has 0 unspecified atom stereocenters. The topological polar surface area (TPSA) is 62.7 Å². The lowest BCUT2D eigenvalue weighted by atomic mass is 9.92. The second-order valence-corrected chi connectivity index (χ2v) is 7.08. The molecule has 1 aliphatic rings. The largest absolute Gasteiger partial charge is 0.444 e. The highest BCUT2D eigenvalue weighted by Crippen LogP contribution is 2.33. The number of hydrogen-bond acceptors (Lipinski definition) is 5. The van der Waals surface area contributed by atoms with E-state index in [0.29, 0.717) is 13.1 Å². The Morgan fingerprint density at radius 2 is 2.25 bits per heavy atom. The molecule has 5 nitrogen and oxygen atoms in total. The Hall–Kier alpha value is -1.14. The van der Waals surface area contributed by atoms with Crippen molar-refractivity contribution in [1.82, 2.24) is 9.88 Å². The van der Waals surface area contributed by atoms with Gasteiger partial charge in [-0.25, -0.2) is 9.78 Å². The number of thiazole rings is 1. The Labute approximate surface area is 123 Å². The number of carbonyl (C=O) groups is 1. The minimum atomic E-state index is -0.560. The molecule has 0 aromatic carbocycles. The molecule has 0 aliphatic carbocycles. The fourth-order valence-corrected chi connectivity index (χ4v) is 3.39. The van der Waals surface area contributed by atoms with Crippen molar-refractivity contribution in [3.8, 4) is 0 Å². The highest BCUT2D eigenvalue weighted by atomic mass is 32.1. The summed E-state index contributed by atoms with van der Waals surface area (Å²) in [7, 11) is 0. The third kappa shape index (κ3) is 3.49. The van der Waals surface area contributed by atoms with Gasteiger partial charge >= 0.3 is 6.09 Å². The number of ether oxygens (including phenoxy) is 1. The summed E-state index contributed by atoms with van der Waals surface area (Å²) in [4.78, 5) is 18.9. The number of piperidine rings is 1. The first-order valence-electron chi connectivity index (χ1n) is 6.84. The van der Waals surface area contributed by atoms with Crippen LogP contribution in [0.4, 0.5) is 4.79 Å². The molecule has 0 saturated carbocycles. The molecule has 2 rings (SSSR count). The van der Waals surface area contributed by atoms with Crippen molar-refractivity contribution in [3.63, 3.8) is 0 Å². The van der Waals surface area contributed by atoms with Crippen molar-refractivity contribution in [3.05, 3.63) is 16.1 Å². The number of rotatable bonds is 1. The van der Waals surface area contributed by atoms with Gasteiger partial charge in [0.25, 0.3) is 0 Å². The molecule has 1 fully saturated rings. The van der Waals surface area contributed by atoms with Gasteiger partial charge < -0.3 is 14.7 Å². The lowest BCUT2D eigenvalue weighted by Crippen LogP contribution is -2.47. The van der Waals surface area contributed by atoms with Crippen LogP contribution in [0.3, 0.4) is 0 Å². The molecule has 6 heteroatoms. The molecule has 0 spiro atoms. The van der Waals surface area contributed by atoms with Gasteiger partial charge in [-0.1, -0.05) is 0 Å². The SMILES string of the molecule is Cc1ncsc1[C@@H]1CCN(C(=O)OC(C)(C)C)C[C@@H]1O. The molecular formula is C14H22N2O3S. The summed E-state index contributed by atoms with van der Waals surface area (Å²) in [6.07, 6.45) is -0.171. The van der Waals surface area contributed by atoms with Gasteiger partial charge in [0.2, 0.25) is 0 Å².